The first-order chi connectivity index (χ1) is 17.1. The van der Waals surface area contributed by atoms with Gasteiger partial charge in [-0.3, -0.25) is 9.69 Å². The van der Waals surface area contributed by atoms with E-state index >= 15 is 0 Å². The van der Waals surface area contributed by atoms with Crippen LogP contribution in [0.1, 0.15) is 44.1 Å². The topological polar surface area (TPSA) is 76.2 Å². The highest BCUT2D eigenvalue weighted by molar-refractivity contribution is 5.92. The van der Waals surface area contributed by atoms with E-state index < -0.39 is 0 Å². The lowest BCUT2D eigenvalue weighted by atomic mass is 9.88. The number of nitrogens with zero attached hydrogens (tertiary/aromatic N) is 3. The zero-order chi connectivity index (χ0) is 24.6. The first-order valence-corrected chi connectivity index (χ1v) is 12.6. The van der Waals surface area contributed by atoms with Crippen LogP contribution in [0.2, 0.25) is 0 Å². The van der Waals surface area contributed by atoms with Crippen molar-refractivity contribution in [3.8, 4) is 17.2 Å². The van der Waals surface area contributed by atoms with Crippen LogP contribution in [-0.2, 0) is 11.3 Å². The van der Waals surface area contributed by atoms with Gasteiger partial charge in [0.25, 0.3) is 0 Å². The average Bonchev–Trinajstić information content (AvgIpc) is 3.14. The van der Waals surface area contributed by atoms with E-state index in [-0.39, 0.29) is 11.8 Å². The molecule has 0 bridgehead atoms. The molecule has 1 aromatic carbocycles. The van der Waals surface area contributed by atoms with E-state index in [2.05, 4.69) is 20.1 Å². The smallest absolute Gasteiger partial charge is 0.227 e. The standard InChI is InChI=1S/C27H38N4O4/c1-33-23-12-10-21(25(34-2)26(23)35-3)19-30-14-7-15-31(17-16-30)24-13-11-22(18-28-24)29-27(32)20-8-5-4-6-9-20/h10-13,18,20H,4-9,14-17,19H2,1-3H3,(H,29,32). The van der Waals surface area contributed by atoms with Gasteiger partial charge in [-0.1, -0.05) is 25.3 Å². The minimum atomic E-state index is 0.134. The van der Waals surface area contributed by atoms with Gasteiger partial charge in [0, 0.05) is 44.2 Å². The fraction of sp³-hybridized carbons (Fsp3) is 0.556. The van der Waals surface area contributed by atoms with Gasteiger partial charge < -0.3 is 24.4 Å². The van der Waals surface area contributed by atoms with Gasteiger partial charge in [0.2, 0.25) is 11.7 Å². The molecule has 1 aliphatic carbocycles. The highest BCUT2D eigenvalue weighted by Crippen LogP contribution is 2.40. The van der Waals surface area contributed by atoms with E-state index in [4.69, 9.17) is 14.2 Å². The maximum absolute atomic E-state index is 12.5. The third-order valence-corrected chi connectivity index (χ3v) is 7.08. The van der Waals surface area contributed by atoms with E-state index in [1.165, 1.54) is 6.42 Å². The number of hydrogen-bond donors (Lipinski definition) is 1. The Bertz CT molecular complexity index is 976. The number of benzene rings is 1. The molecule has 4 rings (SSSR count). The van der Waals surface area contributed by atoms with Gasteiger partial charge in [0.1, 0.15) is 5.82 Å². The van der Waals surface area contributed by atoms with E-state index in [1.807, 2.05) is 24.3 Å². The summed E-state index contributed by atoms with van der Waals surface area (Å²) in [7, 11) is 4.93. The minimum Gasteiger partial charge on any atom is -0.493 e. The molecule has 2 heterocycles. The van der Waals surface area contributed by atoms with Crippen LogP contribution in [0.25, 0.3) is 0 Å². The summed E-state index contributed by atoms with van der Waals surface area (Å²) in [6.07, 6.45) is 8.37. The zero-order valence-corrected chi connectivity index (χ0v) is 21.2. The van der Waals surface area contributed by atoms with Crippen molar-refractivity contribution in [3.05, 3.63) is 36.0 Å². The van der Waals surface area contributed by atoms with E-state index in [9.17, 15) is 4.79 Å². The molecule has 1 aromatic heterocycles. The van der Waals surface area contributed by atoms with Crippen LogP contribution in [0.15, 0.2) is 30.5 Å². The number of amides is 1. The summed E-state index contributed by atoms with van der Waals surface area (Å²) < 4.78 is 16.6. The lowest BCUT2D eigenvalue weighted by molar-refractivity contribution is -0.120. The Morgan fingerprint density at radius 2 is 1.71 bits per heavy atom. The van der Waals surface area contributed by atoms with Crippen LogP contribution in [0, 0.1) is 5.92 Å². The first-order valence-electron chi connectivity index (χ1n) is 12.6. The number of hydrogen-bond acceptors (Lipinski definition) is 7. The summed E-state index contributed by atoms with van der Waals surface area (Å²) in [5.74, 6) is 3.25. The number of methoxy groups -OCH3 is 3. The van der Waals surface area contributed by atoms with Crippen molar-refractivity contribution in [2.24, 2.45) is 5.92 Å². The maximum Gasteiger partial charge on any atom is 0.227 e. The Hall–Kier alpha value is -3.00. The normalized spacial score (nSPS) is 17.5. The molecule has 2 fully saturated rings. The number of anilines is 2. The monoisotopic (exact) mass is 482 g/mol. The van der Waals surface area contributed by atoms with Gasteiger partial charge in [-0.25, -0.2) is 4.98 Å². The lowest BCUT2D eigenvalue weighted by Gasteiger charge is -2.24. The van der Waals surface area contributed by atoms with Crippen molar-refractivity contribution < 1.29 is 19.0 Å². The summed E-state index contributed by atoms with van der Waals surface area (Å²) in [6.45, 7) is 4.51. The molecule has 1 aliphatic heterocycles. The van der Waals surface area contributed by atoms with Crippen molar-refractivity contribution in [2.45, 2.75) is 45.1 Å². The number of carbonyl (C=O) groups excluding carboxylic acids is 1. The molecule has 0 atom stereocenters. The molecule has 0 spiro atoms. The van der Waals surface area contributed by atoms with Crippen molar-refractivity contribution in [1.29, 1.82) is 0 Å². The van der Waals surface area contributed by atoms with Gasteiger partial charge in [-0.15, -0.1) is 0 Å². The lowest BCUT2D eigenvalue weighted by Crippen LogP contribution is -2.31. The molecule has 0 unspecified atom stereocenters. The van der Waals surface area contributed by atoms with E-state index in [0.717, 1.165) is 87.6 Å². The fourth-order valence-corrected chi connectivity index (χ4v) is 5.14. The molecule has 35 heavy (non-hydrogen) atoms. The summed E-state index contributed by atoms with van der Waals surface area (Å²) in [5, 5.41) is 3.06. The number of pyridine rings is 1. The molecule has 1 saturated heterocycles. The largest absolute Gasteiger partial charge is 0.493 e. The Kier molecular flexibility index (Phi) is 8.69. The second-order valence-corrected chi connectivity index (χ2v) is 9.34. The molecular formula is C27H38N4O4. The Morgan fingerprint density at radius 1 is 0.914 bits per heavy atom. The number of nitrogens with one attached hydrogen (secondary N) is 1. The third kappa shape index (κ3) is 6.17. The molecular weight excluding hydrogens is 444 g/mol. The molecule has 1 N–H and O–H groups in total. The zero-order valence-electron chi connectivity index (χ0n) is 21.2. The predicted octanol–water partition coefficient (Wildman–Crippen LogP) is 4.34. The summed E-state index contributed by atoms with van der Waals surface area (Å²) >= 11 is 0. The molecule has 8 heteroatoms. The third-order valence-electron chi connectivity index (χ3n) is 7.08. The van der Waals surface area contributed by atoms with Crippen molar-refractivity contribution in [1.82, 2.24) is 9.88 Å². The number of aromatic nitrogens is 1. The van der Waals surface area contributed by atoms with Gasteiger partial charge >= 0.3 is 0 Å². The Morgan fingerprint density at radius 3 is 2.40 bits per heavy atom. The number of ether oxygens (including phenoxy) is 3. The van der Waals surface area contributed by atoms with Crippen molar-refractivity contribution in [2.75, 3.05) is 57.7 Å². The van der Waals surface area contributed by atoms with E-state index in [0.29, 0.717) is 11.5 Å². The van der Waals surface area contributed by atoms with Gasteiger partial charge in [0.15, 0.2) is 11.5 Å². The van der Waals surface area contributed by atoms with E-state index in [1.54, 1.807) is 27.5 Å². The second kappa shape index (κ2) is 12.1. The van der Waals surface area contributed by atoms with Crippen LogP contribution in [0.4, 0.5) is 11.5 Å². The summed E-state index contributed by atoms with van der Waals surface area (Å²) in [5.41, 5.74) is 1.86. The molecule has 2 aliphatic rings. The van der Waals surface area contributed by atoms with Crippen LogP contribution < -0.4 is 24.4 Å². The average molecular weight is 483 g/mol. The van der Waals surface area contributed by atoms with Crippen molar-refractivity contribution >= 4 is 17.4 Å². The van der Waals surface area contributed by atoms with Gasteiger partial charge in [0.05, 0.1) is 33.2 Å². The highest BCUT2D eigenvalue weighted by Gasteiger charge is 2.22. The van der Waals surface area contributed by atoms with Gasteiger partial charge in [-0.2, -0.15) is 0 Å². The Labute approximate surface area is 208 Å². The quantitative estimate of drug-likeness (QED) is 0.600. The Balaban J connectivity index is 1.35. The number of carbonyl (C=O) groups is 1. The second-order valence-electron chi connectivity index (χ2n) is 9.34. The van der Waals surface area contributed by atoms with Gasteiger partial charge in [-0.05, 0) is 37.5 Å². The highest BCUT2D eigenvalue weighted by atomic mass is 16.5. The molecule has 1 amide bonds. The molecule has 8 nitrogen and oxygen atoms in total. The minimum absolute atomic E-state index is 0.134. The fourth-order valence-electron chi connectivity index (χ4n) is 5.14. The first kappa shape index (κ1) is 25.1. The molecule has 0 radical (unpaired) electrons. The predicted molar refractivity (Wildman–Crippen MR) is 138 cm³/mol. The van der Waals surface area contributed by atoms with Crippen LogP contribution in [0.3, 0.4) is 0 Å². The molecule has 2 aromatic rings. The van der Waals surface area contributed by atoms with Crippen LogP contribution >= 0.6 is 0 Å². The summed E-state index contributed by atoms with van der Waals surface area (Å²) in [6, 6.07) is 7.97. The van der Waals surface area contributed by atoms with Crippen LogP contribution in [0.5, 0.6) is 17.2 Å². The molecule has 190 valence electrons. The maximum atomic E-state index is 12.5. The van der Waals surface area contributed by atoms with Crippen molar-refractivity contribution in [3.63, 3.8) is 0 Å². The van der Waals surface area contributed by atoms with Crippen LogP contribution in [-0.4, -0.2) is 63.3 Å². The summed E-state index contributed by atoms with van der Waals surface area (Å²) in [4.78, 5) is 21.9. The number of rotatable bonds is 8. The molecule has 1 saturated carbocycles. The SMILES string of the molecule is COc1ccc(CN2CCCN(c3ccc(NC(=O)C4CCCCC4)cn3)CC2)c(OC)c1OC.